The van der Waals surface area contributed by atoms with Gasteiger partial charge in [-0.25, -0.2) is 0 Å². The molecule has 1 saturated carbocycles. The molecule has 1 rings (SSSR count). The van der Waals surface area contributed by atoms with Crippen molar-refractivity contribution in [3.8, 4) is 0 Å². The van der Waals surface area contributed by atoms with Crippen LogP contribution in [0.15, 0.2) is 0 Å². The van der Waals surface area contributed by atoms with E-state index in [1.165, 1.54) is 0 Å². The maximum atomic E-state index is 5.64. The molecule has 0 aromatic carbocycles. The van der Waals surface area contributed by atoms with Crippen LogP contribution >= 0.6 is 0 Å². The minimum absolute atomic E-state index is 0.440. The van der Waals surface area contributed by atoms with Crippen LogP contribution in [0.3, 0.4) is 0 Å². The zero-order valence-electron chi connectivity index (χ0n) is 7.14. The van der Waals surface area contributed by atoms with E-state index in [1.807, 2.05) is 13.8 Å². The number of nitrogens with two attached hydrogens (primary N) is 2. The SMILES string of the molecule is CC.NC1CCC(N)CC1. The Hall–Kier alpha value is -0.0800. The van der Waals surface area contributed by atoms with E-state index in [0.717, 1.165) is 25.7 Å². The van der Waals surface area contributed by atoms with Gasteiger partial charge in [0.05, 0.1) is 0 Å². The normalized spacial score (nSPS) is 32.4. The van der Waals surface area contributed by atoms with Gasteiger partial charge in [0.1, 0.15) is 0 Å². The molecule has 0 radical (unpaired) electrons. The lowest BCUT2D eigenvalue weighted by Crippen LogP contribution is -2.33. The molecule has 1 aliphatic carbocycles. The maximum absolute atomic E-state index is 5.64. The Bertz CT molecular complexity index is 55.7. The van der Waals surface area contributed by atoms with Crippen molar-refractivity contribution in [2.24, 2.45) is 11.5 Å². The number of hydrogen-bond donors (Lipinski definition) is 2. The first kappa shape index (κ1) is 9.92. The summed E-state index contributed by atoms with van der Waals surface area (Å²) in [4.78, 5) is 0. The lowest BCUT2D eigenvalue weighted by atomic mass is 9.93. The van der Waals surface area contributed by atoms with Gasteiger partial charge < -0.3 is 11.5 Å². The van der Waals surface area contributed by atoms with Crippen LogP contribution in [-0.2, 0) is 0 Å². The largest absolute Gasteiger partial charge is 0.328 e. The fraction of sp³-hybridized carbons (Fsp3) is 1.00. The van der Waals surface area contributed by atoms with Crippen LogP contribution in [0.2, 0.25) is 0 Å². The molecular weight excluding hydrogens is 124 g/mol. The highest BCUT2D eigenvalue weighted by Gasteiger charge is 2.13. The summed E-state index contributed by atoms with van der Waals surface area (Å²) in [6, 6.07) is 0.879. The number of rotatable bonds is 0. The summed E-state index contributed by atoms with van der Waals surface area (Å²) in [6.45, 7) is 4.00. The molecule has 0 aliphatic heterocycles. The quantitative estimate of drug-likeness (QED) is 0.537. The highest BCUT2D eigenvalue weighted by molar-refractivity contribution is 4.75. The van der Waals surface area contributed by atoms with E-state index in [1.54, 1.807) is 0 Å². The Balaban J connectivity index is 0.000000371. The molecule has 0 aromatic heterocycles. The van der Waals surface area contributed by atoms with Crippen LogP contribution in [0.5, 0.6) is 0 Å². The molecule has 0 heterocycles. The zero-order valence-corrected chi connectivity index (χ0v) is 7.14. The fourth-order valence-corrected chi connectivity index (χ4v) is 1.14. The number of hydrogen-bond acceptors (Lipinski definition) is 2. The van der Waals surface area contributed by atoms with Gasteiger partial charge in [-0.3, -0.25) is 0 Å². The van der Waals surface area contributed by atoms with Crippen LogP contribution in [0.1, 0.15) is 39.5 Å². The van der Waals surface area contributed by atoms with E-state index in [-0.39, 0.29) is 0 Å². The molecule has 0 bridgehead atoms. The average Bonchev–Trinajstić information content (AvgIpc) is 2.00. The van der Waals surface area contributed by atoms with Crippen molar-refractivity contribution >= 4 is 0 Å². The van der Waals surface area contributed by atoms with Gasteiger partial charge >= 0.3 is 0 Å². The Kier molecular flexibility index (Phi) is 5.64. The molecule has 4 N–H and O–H groups in total. The van der Waals surface area contributed by atoms with Crippen molar-refractivity contribution in [3.63, 3.8) is 0 Å². The minimum atomic E-state index is 0.440. The van der Waals surface area contributed by atoms with Gasteiger partial charge in [-0.15, -0.1) is 0 Å². The first-order valence-electron chi connectivity index (χ1n) is 4.30. The topological polar surface area (TPSA) is 52.0 Å². The second-order valence-electron chi connectivity index (χ2n) is 2.67. The molecule has 10 heavy (non-hydrogen) atoms. The molecule has 1 aliphatic rings. The van der Waals surface area contributed by atoms with Gasteiger partial charge in [-0.2, -0.15) is 0 Å². The van der Waals surface area contributed by atoms with Crippen molar-refractivity contribution in [3.05, 3.63) is 0 Å². The second-order valence-corrected chi connectivity index (χ2v) is 2.67. The van der Waals surface area contributed by atoms with Crippen LogP contribution in [0.25, 0.3) is 0 Å². The van der Waals surface area contributed by atoms with E-state index in [4.69, 9.17) is 11.5 Å². The molecule has 1 fully saturated rings. The highest BCUT2D eigenvalue weighted by atomic mass is 14.7. The summed E-state index contributed by atoms with van der Waals surface area (Å²) in [5, 5.41) is 0. The van der Waals surface area contributed by atoms with Gasteiger partial charge in [0, 0.05) is 12.1 Å². The Labute approximate surface area is 64.0 Å². The molecular formula is C8H20N2. The van der Waals surface area contributed by atoms with Gasteiger partial charge in [-0.1, -0.05) is 13.8 Å². The van der Waals surface area contributed by atoms with E-state index < -0.39 is 0 Å². The summed E-state index contributed by atoms with van der Waals surface area (Å²) in [7, 11) is 0. The highest BCUT2D eigenvalue weighted by Crippen LogP contribution is 2.14. The molecule has 0 aromatic rings. The third-order valence-electron chi connectivity index (χ3n) is 1.82. The van der Waals surface area contributed by atoms with Crippen molar-refractivity contribution < 1.29 is 0 Å². The Morgan fingerprint density at radius 3 is 1.20 bits per heavy atom. The van der Waals surface area contributed by atoms with Gasteiger partial charge in [-0.05, 0) is 25.7 Å². The zero-order chi connectivity index (χ0) is 7.98. The third kappa shape index (κ3) is 3.85. The van der Waals surface area contributed by atoms with Gasteiger partial charge in [0.15, 0.2) is 0 Å². The van der Waals surface area contributed by atoms with Crippen molar-refractivity contribution in [1.29, 1.82) is 0 Å². The fourth-order valence-electron chi connectivity index (χ4n) is 1.14. The molecule has 0 atom stereocenters. The summed E-state index contributed by atoms with van der Waals surface area (Å²) in [5.41, 5.74) is 11.3. The maximum Gasteiger partial charge on any atom is 0.00399 e. The standard InChI is InChI=1S/C6H14N2.C2H6/c7-5-1-2-6(8)4-3-5;1-2/h5-6H,1-4,7-8H2;1-2H3. The van der Waals surface area contributed by atoms with Crippen LogP contribution in [0.4, 0.5) is 0 Å². The van der Waals surface area contributed by atoms with Crippen LogP contribution < -0.4 is 11.5 Å². The first-order valence-corrected chi connectivity index (χ1v) is 4.30. The predicted molar refractivity (Wildman–Crippen MR) is 45.8 cm³/mol. The van der Waals surface area contributed by atoms with E-state index in [9.17, 15) is 0 Å². The smallest absolute Gasteiger partial charge is 0.00399 e. The van der Waals surface area contributed by atoms with E-state index in [2.05, 4.69) is 0 Å². The summed E-state index contributed by atoms with van der Waals surface area (Å²) in [6.07, 6.45) is 4.50. The molecule has 2 nitrogen and oxygen atoms in total. The molecule has 62 valence electrons. The minimum Gasteiger partial charge on any atom is -0.328 e. The molecule has 0 saturated heterocycles. The van der Waals surface area contributed by atoms with Crippen molar-refractivity contribution in [1.82, 2.24) is 0 Å². The predicted octanol–water partition coefficient (Wildman–Crippen LogP) is 1.24. The van der Waals surface area contributed by atoms with Crippen LogP contribution in [0, 0.1) is 0 Å². The van der Waals surface area contributed by atoms with Crippen molar-refractivity contribution in [2.75, 3.05) is 0 Å². The Morgan fingerprint density at radius 2 is 1.00 bits per heavy atom. The Morgan fingerprint density at radius 1 is 0.800 bits per heavy atom. The van der Waals surface area contributed by atoms with Crippen LogP contribution in [-0.4, -0.2) is 12.1 Å². The summed E-state index contributed by atoms with van der Waals surface area (Å²) < 4.78 is 0. The molecule has 0 spiro atoms. The lowest BCUT2D eigenvalue weighted by molar-refractivity contribution is 0.395. The second kappa shape index (κ2) is 5.69. The first-order chi connectivity index (χ1) is 4.79. The van der Waals surface area contributed by atoms with Gasteiger partial charge in [0.25, 0.3) is 0 Å². The van der Waals surface area contributed by atoms with Crippen molar-refractivity contribution in [2.45, 2.75) is 51.6 Å². The molecule has 0 amide bonds. The van der Waals surface area contributed by atoms with Gasteiger partial charge in [0.2, 0.25) is 0 Å². The summed E-state index contributed by atoms with van der Waals surface area (Å²) in [5.74, 6) is 0. The van der Waals surface area contributed by atoms with E-state index in [0.29, 0.717) is 12.1 Å². The monoisotopic (exact) mass is 144 g/mol. The third-order valence-corrected chi connectivity index (χ3v) is 1.82. The van der Waals surface area contributed by atoms with E-state index >= 15 is 0 Å². The molecule has 2 heteroatoms. The summed E-state index contributed by atoms with van der Waals surface area (Å²) >= 11 is 0. The lowest BCUT2D eigenvalue weighted by Gasteiger charge is -2.22. The molecule has 0 unspecified atom stereocenters. The average molecular weight is 144 g/mol.